The lowest BCUT2D eigenvalue weighted by Gasteiger charge is -2.16. The maximum absolute atomic E-state index is 13.8. The van der Waals surface area contributed by atoms with E-state index in [9.17, 15) is 9.18 Å². The Morgan fingerprint density at radius 2 is 2.00 bits per heavy atom. The third-order valence-corrected chi connectivity index (χ3v) is 3.15. The van der Waals surface area contributed by atoms with Crippen molar-refractivity contribution in [3.05, 3.63) is 58.8 Å². The fraction of sp³-hybridized carbons (Fsp3) is 0.267. The van der Waals surface area contributed by atoms with Gasteiger partial charge in [0.1, 0.15) is 11.6 Å². The van der Waals surface area contributed by atoms with Gasteiger partial charge >= 0.3 is 5.97 Å². The van der Waals surface area contributed by atoms with Gasteiger partial charge in [-0.15, -0.1) is 0 Å². The summed E-state index contributed by atoms with van der Waals surface area (Å²) in [7, 11) is 1.87. The quantitative estimate of drug-likeness (QED) is 0.912. The summed E-state index contributed by atoms with van der Waals surface area (Å²) >= 11 is 0. The van der Waals surface area contributed by atoms with Gasteiger partial charge in [-0.3, -0.25) is 4.90 Å². The second-order valence-corrected chi connectivity index (χ2v) is 4.79. The van der Waals surface area contributed by atoms with Crippen LogP contribution in [0.25, 0.3) is 0 Å². The van der Waals surface area contributed by atoms with Crippen LogP contribution in [0.5, 0.6) is 0 Å². The van der Waals surface area contributed by atoms with E-state index in [0.29, 0.717) is 18.7 Å². The molecule has 0 saturated carbocycles. The SMILES string of the molecule is Cc1occc1CN(C)Cc1ccc(C(=O)O)cc1F. The van der Waals surface area contributed by atoms with Crippen molar-refractivity contribution in [2.45, 2.75) is 20.0 Å². The lowest BCUT2D eigenvalue weighted by atomic mass is 10.1. The van der Waals surface area contributed by atoms with E-state index >= 15 is 0 Å². The van der Waals surface area contributed by atoms with Crippen LogP contribution in [-0.2, 0) is 13.1 Å². The van der Waals surface area contributed by atoms with Crippen molar-refractivity contribution in [1.29, 1.82) is 0 Å². The van der Waals surface area contributed by atoms with Crippen molar-refractivity contribution >= 4 is 5.97 Å². The minimum absolute atomic E-state index is 0.0421. The number of aryl methyl sites for hydroxylation is 1. The number of rotatable bonds is 5. The molecule has 5 heteroatoms. The van der Waals surface area contributed by atoms with Crippen LogP contribution in [0.2, 0.25) is 0 Å². The molecule has 1 aromatic carbocycles. The highest BCUT2D eigenvalue weighted by Gasteiger charge is 2.11. The third kappa shape index (κ3) is 3.24. The molecule has 2 rings (SSSR count). The first-order valence-corrected chi connectivity index (χ1v) is 6.20. The average Bonchev–Trinajstić information content (AvgIpc) is 2.77. The molecule has 20 heavy (non-hydrogen) atoms. The molecule has 4 nitrogen and oxygen atoms in total. The second-order valence-electron chi connectivity index (χ2n) is 4.79. The van der Waals surface area contributed by atoms with Gasteiger partial charge in [-0.25, -0.2) is 9.18 Å². The summed E-state index contributed by atoms with van der Waals surface area (Å²) in [5.41, 5.74) is 1.48. The van der Waals surface area contributed by atoms with Gasteiger partial charge in [0, 0.05) is 24.2 Å². The summed E-state index contributed by atoms with van der Waals surface area (Å²) in [5, 5.41) is 8.80. The molecule has 1 aromatic heterocycles. The number of aromatic carboxylic acids is 1. The predicted octanol–water partition coefficient (Wildman–Crippen LogP) is 3.06. The molecule has 0 amide bonds. The van der Waals surface area contributed by atoms with Crippen molar-refractivity contribution in [3.8, 4) is 0 Å². The molecule has 0 fully saturated rings. The number of halogens is 1. The molecule has 0 saturated heterocycles. The van der Waals surface area contributed by atoms with Crippen LogP contribution in [-0.4, -0.2) is 23.0 Å². The number of nitrogens with zero attached hydrogens (tertiary/aromatic N) is 1. The number of hydrogen-bond acceptors (Lipinski definition) is 3. The van der Waals surface area contributed by atoms with Gasteiger partial charge in [-0.1, -0.05) is 6.07 Å². The van der Waals surface area contributed by atoms with Crippen LogP contribution in [0, 0.1) is 12.7 Å². The number of furan rings is 1. The Hall–Kier alpha value is -2.14. The molecule has 1 heterocycles. The minimum atomic E-state index is -1.13. The van der Waals surface area contributed by atoms with Gasteiger partial charge in [0.05, 0.1) is 11.8 Å². The molecule has 106 valence electrons. The van der Waals surface area contributed by atoms with E-state index in [0.717, 1.165) is 17.4 Å². The van der Waals surface area contributed by atoms with Gasteiger partial charge in [0.2, 0.25) is 0 Å². The minimum Gasteiger partial charge on any atom is -0.478 e. The van der Waals surface area contributed by atoms with E-state index in [2.05, 4.69) is 0 Å². The maximum atomic E-state index is 13.8. The summed E-state index contributed by atoms with van der Waals surface area (Å²) in [4.78, 5) is 12.7. The molecule has 2 aromatic rings. The van der Waals surface area contributed by atoms with Crippen molar-refractivity contribution in [1.82, 2.24) is 4.90 Å². The second kappa shape index (κ2) is 5.88. The normalized spacial score (nSPS) is 11.0. The summed E-state index contributed by atoms with van der Waals surface area (Å²) in [5.74, 6) is -0.781. The zero-order valence-corrected chi connectivity index (χ0v) is 11.4. The summed E-state index contributed by atoms with van der Waals surface area (Å²) < 4.78 is 19.0. The third-order valence-electron chi connectivity index (χ3n) is 3.15. The number of carboxylic acid groups (broad SMARTS) is 1. The zero-order chi connectivity index (χ0) is 14.7. The fourth-order valence-corrected chi connectivity index (χ4v) is 2.02. The molecular weight excluding hydrogens is 261 g/mol. The topological polar surface area (TPSA) is 53.7 Å². The molecule has 0 aliphatic carbocycles. The van der Waals surface area contributed by atoms with Gasteiger partial charge in [-0.2, -0.15) is 0 Å². The van der Waals surface area contributed by atoms with E-state index in [1.165, 1.54) is 12.1 Å². The Balaban J connectivity index is 2.06. The van der Waals surface area contributed by atoms with E-state index in [4.69, 9.17) is 9.52 Å². The van der Waals surface area contributed by atoms with E-state index in [1.54, 1.807) is 6.26 Å². The van der Waals surface area contributed by atoms with Crippen LogP contribution in [0.15, 0.2) is 34.9 Å². The van der Waals surface area contributed by atoms with Gasteiger partial charge in [0.15, 0.2) is 0 Å². The Labute approximate surface area is 116 Å². The van der Waals surface area contributed by atoms with E-state index < -0.39 is 11.8 Å². The van der Waals surface area contributed by atoms with Crippen LogP contribution in [0.4, 0.5) is 4.39 Å². The van der Waals surface area contributed by atoms with Crippen molar-refractivity contribution < 1.29 is 18.7 Å². The van der Waals surface area contributed by atoms with Gasteiger partial charge in [0.25, 0.3) is 0 Å². The smallest absolute Gasteiger partial charge is 0.335 e. The van der Waals surface area contributed by atoms with Gasteiger partial charge < -0.3 is 9.52 Å². The number of carbonyl (C=O) groups is 1. The van der Waals surface area contributed by atoms with E-state index in [1.807, 2.05) is 24.9 Å². The molecule has 1 N–H and O–H groups in total. The Kier molecular flexibility index (Phi) is 4.20. The lowest BCUT2D eigenvalue weighted by molar-refractivity contribution is 0.0696. The van der Waals surface area contributed by atoms with Crippen LogP contribution < -0.4 is 0 Å². The first-order chi connectivity index (χ1) is 9.47. The maximum Gasteiger partial charge on any atom is 0.335 e. The standard InChI is InChI=1S/C15H16FNO3/c1-10-12(5-6-20-10)8-17(2)9-13-4-3-11(15(18)19)7-14(13)16/h3-7H,8-9H2,1-2H3,(H,18,19). The predicted molar refractivity (Wildman–Crippen MR) is 72.0 cm³/mol. The average molecular weight is 277 g/mol. The number of benzene rings is 1. The molecule has 0 unspecified atom stereocenters. The zero-order valence-electron chi connectivity index (χ0n) is 11.4. The molecular formula is C15H16FNO3. The van der Waals surface area contributed by atoms with Crippen molar-refractivity contribution in [2.75, 3.05) is 7.05 Å². The number of carboxylic acids is 1. The largest absolute Gasteiger partial charge is 0.478 e. The monoisotopic (exact) mass is 277 g/mol. The highest BCUT2D eigenvalue weighted by atomic mass is 19.1. The Morgan fingerprint density at radius 1 is 1.30 bits per heavy atom. The van der Waals surface area contributed by atoms with Gasteiger partial charge in [-0.05, 0) is 32.2 Å². The summed E-state index contributed by atoms with van der Waals surface area (Å²) in [6.07, 6.45) is 1.63. The van der Waals surface area contributed by atoms with Crippen molar-refractivity contribution in [3.63, 3.8) is 0 Å². The lowest BCUT2D eigenvalue weighted by Crippen LogP contribution is -2.18. The molecule has 0 atom stereocenters. The van der Waals surface area contributed by atoms with Crippen molar-refractivity contribution in [2.24, 2.45) is 0 Å². The Morgan fingerprint density at radius 3 is 2.55 bits per heavy atom. The number of hydrogen-bond donors (Lipinski definition) is 1. The first-order valence-electron chi connectivity index (χ1n) is 6.20. The molecule has 0 aliphatic rings. The Bertz CT molecular complexity index is 621. The highest BCUT2D eigenvalue weighted by molar-refractivity contribution is 5.87. The first kappa shape index (κ1) is 14.3. The molecule has 0 radical (unpaired) electrons. The van der Waals surface area contributed by atoms with Crippen LogP contribution in [0.1, 0.15) is 27.2 Å². The van der Waals surface area contributed by atoms with E-state index in [-0.39, 0.29) is 5.56 Å². The fourth-order valence-electron chi connectivity index (χ4n) is 2.02. The van der Waals surface area contributed by atoms with Crippen LogP contribution in [0.3, 0.4) is 0 Å². The summed E-state index contributed by atoms with van der Waals surface area (Å²) in [6.45, 7) is 2.92. The van der Waals surface area contributed by atoms with Crippen LogP contribution >= 0.6 is 0 Å². The highest BCUT2D eigenvalue weighted by Crippen LogP contribution is 2.16. The molecule has 0 bridgehead atoms. The molecule has 0 spiro atoms. The molecule has 0 aliphatic heterocycles. The summed E-state index contributed by atoms with van der Waals surface area (Å²) in [6, 6.07) is 5.86.